The summed E-state index contributed by atoms with van der Waals surface area (Å²) in [6.07, 6.45) is 0. The molecule has 0 bridgehead atoms. The molecule has 0 fully saturated rings. The molecule has 22 heavy (non-hydrogen) atoms. The summed E-state index contributed by atoms with van der Waals surface area (Å²) < 4.78 is 10.7. The Hall–Kier alpha value is -2.80. The second kappa shape index (κ2) is 6.31. The third-order valence-corrected chi connectivity index (χ3v) is 3.50. The van der Waals surface area contributed by atoms with Crippen LogP contribution in [0.5, 0.6) is 11.5 Å². The van der Waals surface area contributed by atoms with E-state index in [1.807, 2.05) is 36.4 Å². The molecule has 0 saturated heterocycles. The van der Waals surface area contributed by atoms with Gasteiger partial charge in [0.1, 0.15) is 0 Å². The van der Waals surface area contributed by atoms with Gasteiger partial charge in [0, 0.05) is 6.07 Å². The summed E-state index contributed by atoms with van der Waals surface area (Å²) in [6, 6.07) is 16.1. The molecule has 0 aromatic heterocycles. The number of nitriles is 1. The van der Waals surface area contributed by atoms with Gasteiger partial charge in [-0.3, -0.25) is 4.79 Å². The number of methoxy groups -OCH3 is 1. The van der Waals surface area contributed by atoms with Gasteiger partial charge in [-0.2, -0.15) is 5.26 Å². The topological polar surface area (TPSA) is 59.3 Å². The van der Waals surface area contributed by atoms with Gasteiger partial charge in [0.25, 0.3) is 0 Å². The van der Waals surface area contributed by atoms with Gasteiger partial charge in [-0.25, -0.2) is 0 Å². The molecule has 0 aliphatic carbocycles. The van der Waals surface area contributed by atoms with E-state index in [4.69, 9.17) is 14.7 Å². The van der Waals surface area contributed by atoms with Gasteiger partial charge in [0.2, 0.25) is 0 Å². The Morgan fingerprint density at radius 2 is 1.77 bits per heavy atom. The highest BCUT2D eigenvalue weighted by molar-refractivity contribution is 5.84. The smallest absolute Gasteiger partial charge is 0.321 e. The molecule has 0 aliphatic rings. The number of carbonyl (C=O) groups is 1. The van der Waals surface area contributed by atoms with Crippen LogP contribution in [0.2, 0.25) is 0 Å². The number of benzene rings is 2. The van der Waals surface area contributed by atoms with Gasteiger partial charge < -0.3 is 9.47 Å². The summed E-state index contributed by atoms with van der Waals surface area (Å²) in [5.41, 5.74) is 0.520. The molecule has 0 radical (unpaired) electrons. The minimum Gasteiger partial charge on any atom is -0.493 e. The van der Waals surface area contributed by atoms with Crippen molar-refractivity contribution in [1.29, 1.82) is 5.26 Å². The van der Waals surface area contributed by atoms with Crippen molar-refractivity contribution in [3.63, 3.8) is 0 Å². The van der Waals surface area contributed by atoms with Crippen LogP contribution >= 0.6 is 0 Å². The Kier molecular flexibility index (Phi) is 4.47. The second-order valence-electron chi connectivity index (χ2n) is 5.36. The monoisotopic (exact) mass is 295 g/mol. The summed E-state index contributed by atoms with van der Waals surface area (Å²) in [6.45, 7) is 3.61. The normalized spacial score (nSPS) is 10.6. The van der Waals surface area contributed by atoms with Crippen LogP contribution in [-0.4, -0.2) is 13.1 Å². The molecule has 2 aromatic rings. The maximum absolute atomic E-state index is 12.5. The molecule has 0 N–H and O–H groups in total. The lowest BCUT2D eigenvalue weighted by Gasteiger charge is -2.23. The standard InChI is InChI=1S/C18H17NO3/c1-18(2,14-7-5-4-6-8-14)17(20)22-15-10-9-13(12-19)11-16(15)21-3/h4-11H,1-3H3. The van der Waals surface area contributed by atoms with Crippen molar-refractivity contribution in [2.24, 2.45) is 0 Å². The van der Waals surface area contributed by atoms with Crippen molar-refractivity contribution in [2.45, 2.75) is 19.3 Å². The molecule has 0 aliphatic heterocycles. The fourth-order valence-electron chi connectivity index (χ4n) is 2.02. The van der Waals surface area contributed by atoms with Gasteiger partial charge in [-0.15, -0.1) is 0 Å². The number of rotatable bonds is 4. The van der Waals surface area contributed by atoms with Crippen molar-refractivity contribution in [1.82, 2.24) is 0 Å². The molecule has 0 saturated carbocycles. The van der Waals surface area contributed by atoms with Crippen LogP contribution in [0.1, 0.15) is 25.0 Å². The highest BCUT2D eigenvalue weighted by Gasteiger charge is 2.32. The summed E-state index contributed by atoms with van der Waals surface area (Å²) in [4.78, 5) is 12.5. The maximum Gasteiger partial charge on any atom is 0.321 e. The zero-order valence-corrected chi connectivity index (χ0v) is 12.8. The van der Waals surface area contributed by atoms with Gasteiger partial charge in [0.05, 0.1) is 24.2 Å². The molecule has 0 atom stereocenters. The molecule has 0 unspecified atom stereocenters. The van der Waals surface area contributed by atoms with E-state index in [0.29, 0.717) is 17.1 Å². The summed E-state index contributed by atoms with van der Waals surface area (Å²) >= 11 is 0. The SMILES string of the molecule is COc1cc(C#N)ccc1OC(=O)C(C)(C)c1ccccc1. The lowest BCUT2D eigenvalue weighted by molar-refractivity contribution is -0.139. The van der Waals surface area contributed by atoms with Crippen LogP contribution in [0.4, 0.5) is 0 Å². The zero-order valence-electron chi connectivity index (χ0n) is 12.8. The minimum atomic E-state index is -0.791. The lowest BCUT2D eigenvalue weighted by atomic mass is 9.85. The molecule has 4 heteroatoms. The molecule has 4 nitrogen and oxygen atoms in total. The fraction of sp³-hybridized carbons (Fsp3) is 0.222. The predicted octanol–water partition coefficient (Wildman–Crippen LogP) is 3.45. The molecule has 2 aromatic carbocycles. The molecule has 0 spiro atoms. The third-order valence-electron chi connectivity index (χ3n) is 3.50. The van der Waals surface area contributed by atoms with Gasteiger partial charge in [0.15, 0.2) is 11.5 Å². The first-order chi connectivity index (χ1) is 10.5. The van der Waals surface area contributed by atoms with E-state index in [1.165, 1.54) is 13.2 Å². The average molecular weight is 295 g/mol. The summed E-state index contributed by atoms with van der Waals surface area (Å²) in [5, 5.41) is 8.89. The lowest BCUT2D eigenvalue weighted by Crippen LogP contribution is -2.33. The van der Waals surface area contributed by atoms with Crippen LogP contribution in [0.15, 0.2) is 48.5 Å². The molecular formula is C18H17NO3. The quantitative estimate of drug-likeness (QED) is 0.640. The zero-order chi connectivity index (χ0) is 16.2. The van der Waals surface area contributed by atoms with Crippen LogP contribution < -0.4 is 9.47 Å². The predicted molar refractivity (Wildman–Crippen MR) is 82.8 cm³/mol. The maximum atomic E-state index is 12.5. The Bertz CT molecular complexity index is 715. The first-order valence-corrected chi connectivity index (χ1v) is 6.85. The molecule has 0 heterocycles. The first kappa shape index (κ1) is 15.6. The van der Waals surface area contributed by atoms with E-state index >= 15 is 0 Å². The number of carbonyl (C=O) groups excluding carboxylic acids is 1. The molecule has 0 amide bonds. The van der Waals surface area contributed by atoms with Crippen LogP contribution in [0, 0.1) is 11.3 Å². The van der Waals surface area contributed by atoms with E-state index in [9.17, 15) is 4.79 Å². The van der Waals surface area contributed by atoms with Crippen molar-refractivity contribution in [3.05, 3.63) is 59.7 Å². The van der Waals surface area contributed by atoms with E-state index < -0.39 is 5.41 Å². The molecular weight excluding hydrogens is 278 g/mol. The Morgan fingerprint density at radius 1 is 1.09 bits per heavy atom. The van der Waals surface area contributed by atoms with Gasteiger partial charge >= 0.3 is 5.97 Å². The highest BCUT2D eigenvalue weighted by Crippen LogP contribution is 2.31. The van der Waals surface area contributed by atoms with Crippen molar-refractivity contribution in [3.8, 4) is 17.6 Å². The molecule has 112 valence electrons. The first-order valence-electron chi connectivity index (χ1n) is 6.85. The van der Waals surface area contributed by atoms with Gasteiger partial charge in [-0.05, 0) is 31.5 Å². The van der Waals surface area contributed by atoms with Crippen molar-refractivity contribution in [2.75, 3.05) is 7.11 Å². The van der Waals surface area contributed by atoms with Crippen LogP contribution in [-0.2, 0) is 10.2 Å². The fourth-order valence-corrected chi connectivity index (χ4v) is 2.02. The number of ether oxygens (including phenoxy) is 2. The second-order valence-corrected chi connectivity index (χ2v) is 5.36. The highest BCUT2D eigenvalue weighted by atomic mass is 16.6. The van der Waals surface area contributed by atoms with E-state index in [-0.39, 0.29) is 5.97 Å². The summed E-state index contributed by atoms with van der Waals surface area (Å²) in [7, 11) is 1.47. The molecule has 2 rings (SSSR count). The Balaban J connectivity index is 2.27. The number of hydrogen-bond acceptors (Lipinski definition) is 4. The van der Waals surface area contributed by atoms with Crippen molar-refractivity contribution < 1.29 is 14.3 Å². The minimum absolute atomic E-state index is 0.301. The summed E-state index contributed by atoms with van der Waals surface area (Å²) in [5.74, 6) is 0.272. The number of esters is 1. The average Bonchev–Trinajstić information content (AvgIpc) is 2.55. The number of hydrogen-bond donors (Lipinski definition) is 0. The Labute approximate surface area is 129 Å². The van der Waals surface area contributed by atoms with Crippen LogP contribution in [0.3, 0.4) is 0 Å². The van der Waals surface area contributed by atoms with Gasteiger partial charge in [-0.1, -0.05) is 30.3 Å². The van der Waals surface area contributed by atoms with Crippen LogP contribution in [0.25, 0.3) is 0 Å². The Morgan fingerprint density at radius 3 is 2.36 bits per heavy atom. The van der Waals surface area contributed by atoms with Crippen molar-refractivity contribution >= 4 is 5.97 Å². The van der Waals surface area contributed by atoms with E-state index in [1.54, 1.807) is 26.0 Å². The largest absolute Gasteiger partial charge is 0.493 e. The third kappa shape index (κ3) is 3.09. The van der Waals surface area contributed by atoms with E-state index in [2.05, 4.69) is 0 Å². The number of nitrogens with zero attached hydrogens (tertiary/aromatic N) is 1. The van der Waals surface area contributed by atoms with E-state index in [0.717, 1.165) is 5.56 Å².